The van der Waals surface area contributed by atoms with Gasteiger partial charge >= 0.3 is 0 Å². The van der Waals surface area contributed by atoms with Gasteiger partial charge in [0.05, 0.1) is 0 Å². The Bertz CT molecular complexity index is 3550. The van der Waals surface area contributed by atoms with Crippen LogP contribution in [0.3, 0.4) is 0 Å². The van der Waals surface area contributed by atoms with Gasteiger partial charge in [-0.2, -0.15) is 0 Å². The molecule has 2 heteroatoms. The zero-order valence-electron chi connectivity index (χ0n) is 43.2. The molecule has 370 valence electrons. The van der Waals surface area contributed by atoms with Gasteiger partial charge in [0.25, 0.3) is 0 Å². The largest absolute Gasteiger partial charge is 0.311 e. The highest BCUT2D eigenvalue weighted by Crippen LogP contribution is 2.43. The van der Waals surface area contributed by atoms with Crippen molar-refractivity contribution in [2.45, 2.75) is 0 Å². The molecular formula is C76H56N2. The van der Waals surface area contributed by atoms with Crippen molar-refractivity contribution in [3.63, 3.8) is 0 Å². The van der Waals surface area contributed by atoms with Crippen LogP contribution in [0, 0.1) is 0 Å². The summed E-state index contributed by atoms with van der Waals surface area (Å²) in [4.78, 5) is 4.67. The van der Waals surface area contributed by atoms with Crippen molar-refractivity contribution < 1.29 is 0 Å². The second-order valence-electron chi connectivity index (χ2n) is 19.2. The standard InChI is InChI=1S/C76H56N2/c1-9-25-59(26-10-1)73(60-27-11-2-12-28-60)75(63-33-17-5-18-34-63)65-45-53-71(54-46-65)77(67-37-21-7-22-38-67)69-49-41-57(42-50-69)58-43-51-70(52-44-58)78(68-39-23-8-24-40-68)72-55-47-66(48-56-72)76(64-35-19-6-20-36-64)74(61-29-13-3-14-30-61)62-31-15-4-16-32-62/h1-56H. The first-order chi connectivity index (χ1) is 38.7. The lowest BCUT2D eigenvalue weighted by Gasteiger charge is -2.27. The van der Waals surface area contributed by atoms with Crippen molar-refractivity contribution in [3.8, 4) is 11.1 Å². The van der Waals surface area contributed by atoms with Crippen LogP contribution in [0.5, 0.6) is 0 Å². The molecule has 0 saturated carbocycles. The summed E-state index contributed by atoms with van der Waals surface area (Å²) in [5.74, 6) is 0. The van der Waals surface area contributed by atoms with E-state index >= 15 is 0 Å². The maximum absolute atomic E-state index is 2.34. The molecule has 0 aromatic heterocycles. The predicted molar refractivity (Wildman–Crippen MR) is 330 cm³/mol. The predicted octanol–water partition coefficient (Wildman–Crippen LogP) is 20.3. The Morgan fingerprint density at radius 2 is 0.295 bits per heavy atom. The third kappa shape index (κ3) is 10.5. The van der Waals surface area contributed by atoms with E-state index in [9.17, 15) is 0 Å². The number of hydrogen-bond acceptors (Lipinski definition) is 2. The SMILES string of the molecule is c1ccc(C(=C(c2ccccc2)c2ccc(N(c3ccccc3)c3ccc(-c4ccc(N(c5ccccc5)c5ccc(C(=C(c6ccccc6)c6ccccc6)c6ccccc6)cc5)cc4)cc3)cc2)c2ccccc2)cc1. The first-order valence-corrected chi connectivity index (χ1v) is 26.7. The third-order valence-electron chi connectivity index (χ3n) is 14.3. The van der Waals surface area contributed by atoms with E-state index in [1.165, 1.54) is 55.7 Å². The van der Waals surface area contributed by atoms with Gasteiger partial charge in [0.1, 0.15) is 0 Å². The van der Waals surface area contributed by atoms with Gasteiger partial charge in [-0.05, 0) is 151 Å². The number of benzene rings is 12. The third-order valence-corrected chi connectivity index (χ3v) is 14.3. The maximum Gasteiger partial charge on any atom is 0.0462 e. The minimum absolute atomic E-state index is 1.07. The summed E-state index contributed by atoms with van der Waals surface area (Å²) >= 11 is 0. The van der Waals surface area contributed by atoms with Crippen LogP contribution in [0.25, 0.3) is 33.4 Å². The van der Waals surface area contributed by atoms with Crippen molar-refractivity contribution in [1.82, 2.24) is 0 Å². The van der Waals surface area contributed by atoms with Crippen LogP contribution in [-0.2, 0) is 0 Å². The van der Waals surface area contributed by atoms with E-state index in [0.717, 1.165) is 56.4 Å². The second-order valence-corrected chi connectivity index (χ2v) is 19.2. The highest BCUT2D eigenvalue weighted by atomic mass is 15.1. The Balaban J connectivity index is 0.868. The van der Waals surface area contributed by atoms with Crippen LogP contribution in [-0.4, -0.2) is 0 Å². The number of para-hydroxylation sites is 2. The fourth-order valence-corrected chi connectivity index (χ4v) is 10.7. The molecule has 0 atom stereocenters. The fraction of sp³-hybridized carbons (Fsp3) is 0. The number of nitrogens with zero attached hydrogens (tertiary/aromatic N) is 2. The molecule has 0 aliphatic heterocycles. The van der Waals surface area contributed by atoms with Gasteiger partial charge in [-0.1, -0.05) is 267 Å². The molecule has 0 heterocycles. The molecule has 0 unspecified atom stereocenters. The smallest absolute Gasteiger partial charge is 0.0462 e. The summed E-state index contributed by atoms with van der Waals surface area (Å²) in [7, 11) is 0. The Hall–Kier alpha value is -10.3. The summed E-state index contributed by atoms with van der Waals surface area (Å²) in [6.07, 6.45) is 0. The van der Waals surface area contributed by atoms with Crippen molar-refractivity contribution in [2.24, 2.45) is 0 Å². The summed E-state index contributed by atoms with van der Waals surface area (Å²) in [5.41, 5.74) is 22.9. The Morgan fingerprint density at radius 1 is 0.141 bits per heavy atom. The van der Waals surface area contributed by atoms with Crippen LogP contribution in [0.1, 0.15) is 44.5 Å². The zero-order valence-corrected chi connectivity index (χ0v) is 43.2. The van der Waals surface area contributed by atoms with Gasteiger partial charge in [-0.15, -0.1) is 0 Å². The minimum Gasteiger partial charge on any atom is -0.311 e. The number of rotatable bonds is 15. The molecule has 2 nitrogen and oxygen atoms in total. The molecule has 12 aromatic carbocycles. The molecule has 0 saturated heterocycles. The molecular weight excluding hydrogens is 941 g/mol. The first kappa shape index (κ1) is 48.6. The lowest BCUT2D eigenvalue weighted by molar-refractivity contribution is 1.28. The molecule has 0 fully saturated rings. The van der Waals surface area contributed by atoms with Gasteiger partial charge in [-0.25, -0.2) is 0 Å². The van der Waals surface area contributed by atoms with E-state index in [-0.39, 0.29) is 0 Å². The van der Waals surface area contributed by atoms with Crippen molar-refractivity contribution in [1.29, 1.82) is 0 Å². The molecule has 0 N–H and O–H groups in total. The Kier molecular flexibility index (Phi) is 14.4. The fourth-order valence-electron chi connectivity index (χ4n) is 10.7. The van der Waals surface area contributed by atoms with Crippen LogP contribution >= 0.6 is 0 Å². The van der Waals surface area contributed by atoms with Crippen molar-refractivity contribution >= 4 is 56.4 Å². The average Bonchev–Trinajstić information content (AvgIpc) is 3.55. The molecule has 0 radical (unpaired) electrons. The van der Waals surface area contributed by atoms with Gasteiger partial charge in [0, 0.05) is 34.1 Å². The van der Waals surface area contributed by atoms with E-state index < -0.39 is 0 Å². The highest BCUT2D eigenvalue weighted by Gasteiger charge is 2.21. The van der Waals surface area contributed by atoms with Crippen molar-refractivity contribution in [3.05, 3.63) is 384 Å². The molecule has 0 aliphatic rings. The second kappa shape index (κ2) is 23.1. The molecule has 0 spiro atoms. The maximum atomic E-state index is 2.34. The summed E-state index contributed by atoms with van der Waals surface area (Å²) in [5, 5.41) is 0. The van der Waals surface area contributed by atoms with Crippen LogP contribution in [0.2, 0.25) is 0 Å². The number of anilines is 6. The molecule has 0 aliphatic carbocycles. The van der Waals surface area contributed by atoms with Crippen LogP contribution in [0.15, 0.2) is 340 Å². The summed E-state index contributed by atoms with van der Waals surface area (Å²) in [6, 6.07) is 122. The summed E-state index contributed by atoms with van der Waals surface area (Å²) < 4.78 is 0. The van der Waals surface area contributed by atoms with E-state index in [1.54, 1.807) is 0 Å². The monoisotopic (exact) mass is 996 g/mol. The van der Waals surface area contributed by atoms with Gasteiger partial charge in [0.15, 0.2) is 0 Å². The molecule has 12 aromatic rings. The lowest BCUT2D eigenvalue weighted by atomic mass is 9.86. The summed E-state index contributed by atoms with van der Waals surface area (Å²) in [6.45, 7) is 0. The Labute approximate surface area is 459 Å². The van der Waals surface area contributed by atoms with E-state index in [4.69, 9.17) is 0 Å². The normalized spacial score (nSPS) is 10.8. The van der Waals surface area contributed by atoms with Crippen LogP contribution < -0.4 is 9.80 Å². The first-order valence-electron chi connectivity index (χ1n) is 26.7. The van der Waals surface area contributed by atoms with E-state index in [1.807, 2.05) is 0 Å². The molecule has 0 bridgehead atoms. The molecule has 78 heavy (non-hydrogen) atoms. The lowest BCUT2D eigenvalue weighted by Crippen LogP contribution is -2.10. The topological polar surface area (TPSA) is 6.48 Å². The Morgan fingerprint density at radius 3 is 0.500 bits per heavy atom. The van der Waals surface area contributed by atoms with E-state index in [0.29, 0.717) is 0 Å². The van der Waals surface area contributed by atoms with E-state index in [2.05, 4.69) is 350 Å². The average molecular weight is 997 g/mol. The van der Waals surface area contributed by atoms with Crippen LogP contribution in [0.4, 0.5) is 34.1 Å². The van der Waals surface area contributed by atoms with Gasteiger partial charge in [-0.3, -0.25) is 0 Å². The minimum atomic E-state index is 1.07. The van der Waals surface area contributed by atoms with Gasteiger partial charge in [0.2, 0.25) is 0 Å². The number of hydrogen-bond donors (Lipinski definition) is 0. The highest BCUT2D eigenvalue weighted by molar-refractivity contribution is 6.06. The molecule has 0 amide bonds. The molecule has 12 rings (SSSR count). The zero-order chi connectivity index (χ0) is 52.3. The van der Waals surface area contributed by atoms with Gasteiger partial charge < -0.3 is 9.80 Å². The quantitative estimate of drug-likeness (QED) is 0.0945. The van der Waals surface area contributed by atoms with Crippen molar-refractivity contribution in [2.75, 3.05) is 9.80 Å².